The van der Waals surface area contributed by atoms with Gasteiger partial charge in [-0.05, 0) is 50.2 Å². The Hall–Kier alpha value is -2.07. The van der Waals surface area contributed by atoms with E-state index in [0.717, 1.165) is 5.75 Å². The predicted molar refractivity (Wildman–Crippen MR) is 124 cm³/mol. The summed E-state index contributed by atoms with van der Waals surface area (Å²) in [5.74, 6) is 1.07. The van der Waals surface area contributed by atoms with Gasteiger partial charge in [-0.3, -0.25) is 9.78 Å². The SMILES string of the molecule is CCNC(=NCC(=O)Nc1cccnc1)NCC(C)Oc1ccc(Cl)cc1.I. The molecule has 0 aliphatic rings. The number of amides is 1. The van der Waals surface area contributed by atoms with E-state index in [4.69, 9.17) is 16.3 Å². The van der Waals surface area contributed by atoms with Crippen molar-refractivity contribution in [3.05, 3.63) is 53.8 Å². The highest BCUT2D eigenvalue weighted by atomic mass is 127. The van der Waals surface area contributed by atoms with Crippen LogP contribution in [0.1, 0.15) is 13.8 Å². The minimum Gasteiger partial charge on any atom is -0.489 e. The first-order valence-electron chi connectivity index (χ1n) is 8.71. The number of hydrogen-bond acceptors (Lipinski definition) is 4. The molecule has 1 aromatic carbocycles. The Morgan fingerprint density at radius 2 is 2.00 bits per heavy atom. The van der Waals surface area contributed by atoms with E-state index in [-0.39, 0.29) is 42.5 Å². The van der Waals surface area contributed by atoms with Crippen LogP contribution in [-0.2, 0) is 4.79 Å². The molecule has 1 heterocycles. The molecule has 2 aromatic rings. The quantitative estimate of drug-likeness (QED) is 0.284. The predicted octanol–water partition coefficient (Wildman–Crippen LogP) is 3.31. The molecule has 1 atom stereocenters. The third kappa shape index (κ3) is 9.23. The van der Waals surface area contributed by atoms with Crippen molar-refractivity contribution < 1.29 is 9.53 Å². The second-order valence-electron chi connectivity index (χ2n) is 5.75. The van der Waals surface area contributed by atoms with Crippen LogP contribution in [0, 0.1) is 0 Å². The van der Waals surface area contributed by atoms with Gasteiger partial charge in [0.25, 0.3) is 0 Å². The van der Waals surface area contributed by atoms with Gasteiger partial charge in [0.1, 0.15) is 18.4 Å². The van der Waals surface area contributed by atoms with Gasteiger partial charge in [-0.1, -0.05) is 11.6 Å². The second-order valence-corrected chi connectivity index (χ2v) is 6.18. The number of guanidine groups is 1. The number of anilines is 1. The Morgan fingerprint density at radius 3 is 2.64 bits per heavy atom. The van der Waals surface area contributed by atoms with E-state index in [0.29, 0.717) is 29.8 Å². The number of rotatable bonds is 8. The van der Waals surface area contributed by atoms with Crippen LogP contribution in [0.2, 0.25) is 5.02 Å². The Morgan fingerprint density at radius 1 is 1.25 bits per heavy atom. The molecule has 9 heteroatoms. The van der Waals surface area contributed by atoms with Crippen molar-refractivity contribution in [3.63, 3.8) is 0 Å². The molecular formula is C19H25ClIN5O2. The normalized spacial score (nSPS) is 11.8. The van der Waals surface area contributed by atoms with Gasteiger partial charge in [-0.25, -0.2) is 4.99 Å². The number of ether oxygens (including phenoxy) is 1. The third-order valence-electron chi connectivity index (χ3n) is 3.38. The van der Waals surface area contributed by atoms with E-state index in [1.54, 1.807) is 36.7 Å². The van der Waals surface area contributed by atoms with E-state index in [1.807, 2.05) is 26.0 Å². The van der Waals surface area contributed by atoms with Crippen LogP contribution in [-0.4, -0.2) is 42.6 Å². The topological polar surface area (TPSA) is 87.6 Å². The van der Waals surface area contributed by atoms with Crippen molar-refractivity contribution in [2.45, 2.75) is 20.0 Å². The van der Waals surface area contributed by atoms with E-state index in [2.05, 4.69) is 25.9 Å². The zero-order chi connectivity index (χ0) is 19.5. The molecule has 0 aliphatic carbocycles. The molecule has 0 bridgehead atoms. The van der Waals surface area contributed by atoms with Crippen LogP contribution in [0.25, 0.3) is 0 Å². The molecule has 0 fully saturated rings. The lowest BCUT2D eigenvalue weighted by atomic mass is 10.3. The van der Waals surface area contributed by atoms with Gasteiger partial charge in [0.05, 0.1) is 18.4 Å². The first kappa shape index (κ1) is 24.0. The molecule has 7 nitrogen and oxygen atoms in total. The molecule has 0 saturated heterocycles. The van der Waals surface area contributed by atoms with Crippen molar-refractivity contribution in [3.8, 4) is 5.75 Å². The number of hydrogen-bond donors (Lipinski definition) is 3. The fourth-order valence-corrected chi connectivity index (χ4v) is 2.28. The van der Waals surface area contributed by atoms with Crippen molar-refractivity contribution in [2.75, 3.05) is 25.0 Å². The van der Waals surface area contributed by atoms with Crippen LogP contribution in [0.5, 0.6) is 5.75 Å². The van der Waals surface area contributed by atoms with Crippen molar-refractivity contribution >= 4 is 53.1 Å². The Bertz CT molecular complexity index is 744. The van der Waals surface area contributed by atoms with E-state index in [1.165, 1.54) is 0 Å². The molecule has 1 unspecified atom stereocenters. The highest BCUT2D eigenvalue weighted by Gasteiger charge is 2.07. The molecule has 0 spiro atoms. The number of aliphatic imine (C=N–C) groups is 1. The maximum Gasteiger partial charge on any atom is 0.246 e. The summed E-state index contributed by atoms with van der Waals surface area (Å²) in [7, 11) is 0. The lowest BCUT2D eigenvalue weighted by Gasteiger charge is -2.17. The number of carbonyl (C=O) groups excluding carboxylic acids is 1. The average molecular weight is 518 g/mol. The molecule has 28 heavy (non-hydrogen) atoms. The fraction of sp³-hybridized carbons (Fsp3) is 0.316. The fourth-order valence-electron chi connectivity index (χ4n) is 2.16. The number of halogens is 2. The monoisotopic (exact) mass is 517 g/mol. The number of nitrogens with one attached hydrogen (secondary N) is 3. The maximum absolute atomic E-state index is 12.0. The summed E-state index contributed by atoms with van der Waals surface area (Å²) in [6, 6.07) is 10.7. The first-order valence-corrected chi connectivity index (χ1v) is 9.09. The second kappa shape index (κ2) is 13.2. The molecule has 0 saturated carbocycles. The summed E-state index contributed by atoms with van der Waals surface area (Å²) >= 11 is 5.87. The summed E-state index contributed by atoms with van der Waals surface area (Å²) in [6.45, 7) is 5.11. The highest BCUT2D eigenvalue weighted by molar-refractivity contribution is 14.0. The van der Waals surface area contributed by atoms with Gasteiger partial charge < -0.3 is 20.7 Å². The van der Waals surface area contributed by atoms with Crippen molar-refractivity contribution in [1.29, 1.82) is 0 Å². The lowest BCUT2D eigenvalue weighted by molar-refractivity contribution is -0.114. The van der Waals surface area contributed by atoms with Crippen molar-refractivity contribution in [2.24, 2.45) is 4.99 Å². The molecule has 152 valence electrons. The van der Waals surface area contributed by atoms with Gasteiger partial charge in [0, 0.05) is 17.8 Å². The summed E-state index contributed by atoms with van der Waals surface area (Å²) in [5, 5.41) is 9.68. The number of aromatic nitrogens is 1. The molecule has 0 aliphatic heterocycles. The summed E-state index contributed by atoms with van der Waals surface area (Å²) < 4.78 is 5.81. The van der Waals surface area contributed by atoms with Gasteiger partial charge in [0.2, 0.25) is 5.91 Å². The standard InChI is InChI=1S/C19H24ClN5O2.HI/c1-3-22-19(24-13-18(26)25-16-5-4-10-21-12-16)23-11-14(2)27-17-8-6-15(20)7-9-17;/h4-10,12,14H,3,11,13H2,1-2H3,(H,25,26)(H2,22,23,24);1H. The molecule has 3 N–H and O–H groups in total. The van der Waals surface area contributed by atoms with Crippen LogP contribution in [0.4, 0.5) is 5.69 Å². The van der Waals surface area contributed by atoms with Crippen LogP contribution in [0.15, 0.2) is 53.8 Å². The smallest absolute Gasteiger partial charge is 0.246 e. The number of nitrogens with zero attached hydrogens (tertiary/aromatic N) is 2. The first-order chi connectivity index (χ1) is 13.1. The van der Waals surface area contributed by atoms with Gasteiger partial charge >= 0.3 is 0 Å². The Balaban J connectivity index is 0.00000392. The molecule has 0 radical (unpaired) electrons. The zero-order valence-corrected chi connectivity index (χ0v) is 18.9. The summed E-state index contributed by atoms with van der Waals surface area (Å²) in [6.07, 6.45) is 3.13. The van der Waals surface area contributed by atoms with Gasteiger partial charge in [0.15, 0.2) is 5.96 Å². The lowest BCUT2D eigenvalue weighted by Crippen LogP contribution is -2.42. The van der Waals surface area contributed by atoms with E-state index in [9.17, 15) is 4.79 Å². The Kier molecular flexibility index (Phi) is 11.3. The van der Waals surface area contributed by atoms with Crippen LogP contribution >= 0.6 is 35.6 Å². The van der Waals surface area contributed by atoms with Crippen molar-refractivity contribution in [1.82, 2.24) is 15.6 Å². The average Bonchev–Trinajstić information content (AvgIpc) is 2.66. The van der Waals surface area contributed by atoms with Gasteiger partial charge in [-0.15, -0.1) is 24.0 Å². The van der Waals surface area contributed by atoms with E-state index >= 15 is 0 Å². The highest BCUT2D eigenvalue weighted by Crippen LogP contribution is 2.16. The molecular weight excluding hydrogens is 493 g/mol. The zero-order valence-electron chi connectivity index (χ0n) is 15.8. The largest absolute Gasteiger partial charge is 0.489 e. The third-order valence-corrected chi connectivity index (χ3v) is 3.63. The molecule has 2 rings (SSSR count). The Labute approximate surface area is 187 Å². The number of carbonyl (C=O) groups is 1. The minimum absolute atomic E-state index is 0. The van der Waals surface area contributed by atoms with Gasteiger partial charge in [-0.2, -0.15) is 0 Å². The number of benzene rings is 1. The van der Waals surface area contributed by atoms with Crippen LogP contribution < -0.4 is 20.7 Å². The van der Waals surface area contributed by atoms with E-state index < -0.39 is 0 Å². The maximum atomic E-state index is 12.0. The summed E-state index contributed by atoms with van der Waals surface area (Å²) in [5.41, 5.74) is 0.639. The van der Waals surface area contributed by atoms with Crippen LogP contribution in [0.3, 0.4) is 0 Å². The number of pyridine rings is 1. The minimum atomic E-state index is -0.217. The summed E-state index contributed by atoms with van der Waals surface area (Å²) in [4.78, 5) is 20.2. The molecule has 1 aromatic heterocycles. The molecule has 1 amide bonds.